The molecule has 0 saturated heterocycles. The third kappa shape index (κ3) is 2.51. The zero-order valence-electron chi connectivity index (χ0n) is 11.7. The molecule has 1 aliphatic carbocycles. The number of benzene rings is 1. The predicted octanol–water partition coefficient (Wildman–Crippen LogP) is 0.687. The van der Waals surface area contributed by atoms with Crippen LogP contribution in [0.25, 0.3) is 0 Å². The third-order valence-electron chi connectivity index (χ3n) is 3.79. The van der Waals surface area contributed by atoms with E-state index in [-0.39, 0.29) is 0 Å². The molecule has 2 aliphatic rings. The first-order valence-corrected chi connectivity index (χ1v) is 7.00. The predicted molar refractivity (Wildman–Crippen MR) is 79.7 cm³/mol. The average molecular weight is 275 g/mol. The summed E-state index contributed by atoms with van der Waals surface area (Å²) in [4.78, 5) is 2.37. The summed E-state index contributed by atoms with van der Waals surface area (Å²) < 4.78 is 5.80. The van der Waals surface area contributed by atoms with Gasteiger partial charge in [-0.2, -0.15) is 0 Å². The van der Waals surface area contributed by atoms with E-state index < -0.39 is 0 Å². The molecular weight excluding hydrogens is 254 g/mol. The highest BCUT2D eigenvalue weighted by atomic mass is 16.5. The molecule has 6 nitrogen and oxygen atoms in total. The van der Waals surface area contributed by atoms with Gasteiger partial charge in [-0.25, -0.2) is 11.4 Å². The molecule has 1 aromatic rings. The topological polar surface area (TPSA) is 88.9 Å². The highest BCUT2D eigenvalue weighted by Crippen LogP contribution is 2.39. The number of rotatable bonds is 4. The molecule has 0 radical (unpaired) electrons. The maximum absolute atomic E-state index is 6.03. The van der Waals surface area contributed by atoms with E-state index in [0.717, 1.165) is 48.2 Å². The lowest BCUT2D eigenvalue weighted by atomic mass is 10.0. The first kappa shape index (κ1) is 13.1. The number of nitrogens with zero attached hydrogens (tertiary/aromatic N) is 2. The van der Waals surface area contributed by atoms with Gasteiger partial charge >= 0.3 is 0 Å². The molecule has 1 aliphatic heterocycles. The summed E-state index contributed by atoms with van der Waals surface area (Å²) in [5, 5.41) is 3.91. The Labute approximate surface area is 118 Å². The first-order chi connectivity index (χ1) is 9.69. The number of nitrogens with two attached hydrogens (primary N) is 2. The summed E-state index contributed by atoms with van der Waals surface area (Å²) in [6, 6.07) is 4.09. The quantitative estimate of drug-likeness (QED) is 0.325. The van der Waals surface area contributed by atoms with Crippen LogP contribution in [0.1, 0.15) is 24.0 Å². The Morgan fingerprint density at radius 2 is 2.30 bits per heavy atom. The molecule has 1 saturated carbocycles. The Morgan fingerprint density at radius 3 is 3.00 bits per heavy atom. The van der Waals surface area contributed by atoms with Crippen molar-refractivity contribution in [3.05, 3.63) is 23.3 Å². The van der Waals surface area contributed by atoms with Crippen molar-refractivity contribution in [1.29, 1.82) is 0 Å². The minimum atomic E-state index is 0.388. The molecule has 0 unspecified atom stereocenters. The van der Waals surface area contributed by atoms with E-state index in [1.165, 1.54) is 12.8 Å². The number of amidine groups is 1. The van der Waals surface area contributed by atoms with E-state index >= 15 is 0 Å². The molecule has 0 spiro atoms. The first-order valence-electron chi connectivity index (χ1n) is 7.00. The smallest absolute Gasteiger partial charge is 0.154 e. The molecule has 0 aromatic heterocycles. The maximum atomic E-state index is 6.03. The van der Waals surface area contributed by atoms with Crippen molar-refractivity contribution in [2.75, 3.05) is 24.6 Å². The molecular formula is C14H21N5O. The Hall–Kier alpha value is -1.95. The van der Waals surface area contributed by atoms with E-state index in [2.05, 4.69) is 21.6 Å². The van der Waals surface area contributed by atoms with Gasteiger partial charge in [0, 0.05) is 12.1 Å². The van der Waals surface area contributed by atoms with E-state index in [1.807, 2.05) is 13.0 Å². The molecule has 1 heterocycles. The van der Waals surface area contributed by atoms with Gasteiger partial charge in [0.15, 0.2) is 5.84 Å². The number of hydrogen-bond acceptors (Lipinski definition) is 5. The summed E-state index contributed by atoms with van der Waals surface area (Å²) in [7, 11) is 0. The highest BCUT2D eigenvalue weighted by Gasteiger charge is 2.29. The number of hydrazine groups is 1. The van der Waals surface area contributed by atoms with Crippen LogP contribution in [0.4, 0.5) is 5.69 Å². The number of hydrazone groups is 1. The fraction of sp³-hybridized carbons (Fsp3) is 0.500. The van der Waals surface area contributed by atoms with Gasteiger partial charge in [-0.1, -0.05) is 0 Å². The second-order valence-electron chi connectivity index (χ2n) is 5.52. The van der Waals surface area contributed by atoms with Crippen molar-refractivity contribution >= 4 is 11.5 Å². The van der Waals surface area contributed by atoms with Crippen LogP contribution in [-0.2, 0) is 0 Å². The van der Waals surface area contributed by atoms with Gasteiger partial charge in [0.2, 0.25) is 0 Å². The van der Waals surface area contributed by atoms with Crippen molar-refractivity contribution < 1.29 is 4.74 Å². The second-order valence-corrected chi connectivity index (χ2v) is 5.52. The number of aryl methyl sites for hydroxylation is 1. The second kappa shape index (κ2) is 5.20. The lowest BCUT2D eigenvalue weighted by Gasteiger charge is -2.33. The summed E-state index contributed by atoms with van der Waals surface area (Å²) >= 11 is 0. The number of anilines is 1. The van der Waals surface area contributed by atoms with Crippen LogP contribution in [-0.4, -0.2) is 25.5 Å². The van der Waals surface area contributed by atoms with Crippen LogP contribution in [0.15, 0.2) is 17.2 Å². The fourth-order valence-electron chi connectivity index (χ4n) is 2.68. The average Bonchev–Trinajstić information content (AvgIpc) is 3.22. The van der Waals surface area contributed by atoms with Gasteiger partial charge in [0.1, 0.15) is 12.4 Å². The lowest BCUT2D eigenvalue weighted by Crippen LogP contribution is -2.36. The monoisotopic (exact) mass is 275 g/mol. The van der Waals surface area contributed by atoms with Crippen LogP contribution in [0.3, 0.4) is 0 Å². The van der Waals surface area contributed by atoms with Crippen LogP contribution in [0.5, 0.6) is 5.75 Å². The van der Waals surface area contributed by atoms with Gasteiger partial charge in [0.25, 0.3) is 0 Å². The molecule has 1 fully saturated rings. The van der Waals surface area contributed by atoms with E-state index in [0.29, 0.717) is 5.84 Å². The molecule has 1 aromatic carbocycles. The number of hydrogen-bond donors (Lipinski definition) is 3. The fourth-order valence-corrected chi connectivity index (χ4v) is 2.68. The molecule has 0 atom stereocenters. The molecule has 20 heavy (non-hydrogen) atoms. The van der Waals surface area contributed by atoms with Crippen LogP contribution in [0, 0.1) is 12.8 Å². The lowest BCUT2D eigenvalue weighted by molar-refractivity contribution is 0.306. The third-order valence-corrected chi connectivity index (χ3v) is 3.79. The molecule has 108 valence electrons. The van der Waals surface area contributed by atoms with Crippen molar-refractivity contribution in [2.24, 2.45) is 22.6 Å². The van der Waals surface area contributed by atoms with E-state index in [9.17, 15) is 0 Å². The Bertz CT molecular complexity index is 539. The number of ether oxygens (including phenoxy) is 1. The number of nitrogens with one attached hydrogen (secondary N) is 1. The standard InChI is InChI=1S/C14H21N5O/c1-9-6-11(14(15)17-18-16)13-12(7-9)20-5-4-19(13)8-10-2-3-10/h6-7,10,18H,2-5,8,16H2,1H3,(H2,15,17). The van der Waals surface area contributed by atoms with Gasteiger partial charge < -0.3 is 15.4 Å². The number of fused-ring (bicyclic) bond motifs is 1. The molecule has 0 amide bonds. The maximum Gasteiger partial charge on any atom is 0.154 e. The Morgan fingerprint density at radius 1 is 1.50 bits per heavy atom. The Balaban J connectivity index is 2.03. The highest BCUT2D eigenvalue weighted by molar-refractivity contribution is 6.04. The summed E-state index contributed by atoms with van der Waals surface area (Å²) in [5.41, 5.74) is 11.3. The molecule has 5 N–H and O–H groups in total. The van der Waals surface area contributed by atoms with Crippen molar-refractivity contribution in [3.63, 3.8) is 0 Å². The summed E-state index contributed by atoms with van der Waals surface area (Å²) in [6.45, 7) is 4.70. The molecule has 0 bridgehead atoms. The largest absolute Gasteiger partial charge is 0.490 e. The van der Waals surface area contributed by atoms with Gasteiger partial charge in [-0.15, -0.1) is 5.10 Å². The van der Waals surface area contributed by atoms with Gasteiger partial charge in [-0.3, -0.25) is 0 Å². The SMILES string of the molecule is Cc1cc2c(c(/C(N)=N/NN)c1)N(CC1CC1)CCO2. The van der Waals surface area contributed by atoms with Gasteiger partial charge in [0.05, 0.1) is 12.2 Å². The van der Waals surface area contributed by atoms with Crippen molar-refractivity contribution in [1.82, 2.24) is 5.53 Å². The van der Waals surface area contributed by atoms with E-state index in [1.54, 1.807) is 0 Å². The van der Waals surface area contributed by atoms with Crippen LogP contribution < -0.4 is 26.7 Å². The van der Waals surface area contributed by atoms with E-state index in [4.69, 9.17) is 16.3 Å². The zero-order valence-corrected chi connectivity index (χ0v) is 11.7. The van der Waals surface area contributed by atoms with Gasteiger partial charge in [-0.05, 0) is 43.4 Å². The summed E-state index contributed by atoms with van der Waals surface area (Å²) in [6.07, 6.45) is 2.64. The van der Waals surface area contributed by atoms with Crippen molar-refractivity contribution in [2.45, 2.75) is 19.8 Å². The normalized spacial score (nSPS) is 18.5. The van der Waals surface area contributed by atoms with Crippen LogP contribution >= 0.6 is 0 Å². The minimum Gasteiger partial charge on any atom is -0.490 e. The Kier molecular flexibility index (Phi) is 3.40. The van der Waals surface area contributed by atoms with Crippen LogP contribution in [0.2, 0.25) is 0 Å². The molecule has 6 heteroatoms. The van der Waals surface area contributed by atoms with Crippen molar-refractivity contribution in [3.8, 4) is 5.75 Å². The molecule has 3 rings (SSSR count). The minimum absolute atomic E-state index is 0.388. The zero-order chi connectivity index (χ0) is 14.1. The summed E-state index contributed by atoms with van der Waals surface area (Å²) in [5.74, 6) is 7.33.